The molecule has 3 saturated carbocycles. The molecule has 1 spiro atoms. The van der Waals surface area contributed by atoms with Crippen LogP contribution in [0, 0.1) is 41.4 Å². The Morgan fingerprint density at radius 2 is 1.60 bits per heavy atom. The molecule has 1 amide bonds. The molecule has 43 heavy (non-hydrogen) atoms. The number of carbonyl (C=O) groups is 1. The number of carbonyl (C=O) groups excluding carboxylic acids is 1. The van der Waals surface area contributed by atoms with Gasteiger partial charge in [0.05, 0.1) is 11.9 Å². The van der Waals surface area contributed by atoms with Gasteiger partial charge < -0.3 is 16.5 Å². The predicted octanol–water partition coefficient (Wildman–Crippen LogP) is 3.05. The summed E-state index contributed by atoms with van der Waals surface area (Å²) in [6.07, 6.45) is 9.28. The Balaban J connectivity index is 0.000000136. The van der Waals surface area contributed by atoms with Crippen molar-refractivity contribution in [3.8, 4) is 0 Å². The Morgan fingerprint density at radius 1 is 1.00 bits per heavy atom. The van der Waals surface area contributed by atoms with E-state index in [2.05, 4.69) is 50.0 Å². The molecule has 232 valence electrons. The molecule has 3 aromatic rings. The minimum atomic E-state index is 0.250. The Bertz CT molecular complexity index is 1300. The van der Waals surface area contributed by atoms with Crippen molar-refractivity contribution in [2.24, 2.45) is 34.8 Å². The van der Waals surface area contributed by atoms with Crippen molar-refractivity contribution >= 4 is 12.1 Å². The van der Waals surface area contributed by atoms with Gasteiger partial charge in [-0.05, 0) is 79.7 Å². The number of likely N-dealkylation sites (tertiary alicyclic amines) is 1. The molecule has 2 saturated heterocycles. The average molecular weight is 589 g/mol. The van der Waals surface area contributed by atoms with Crippen LogP contribution in [0.4, 0.5) is 5.69 Å². The highest BCUT2D eigenvalue weighted by molar-refractivity contribution is 5.47. The molecule has 3 atom stereocenters. The monoisotopic (exact) mass is 588 g/mol. The number of aromatic nitrogens is 5. The fraction of sp³-hybridized carbons (Fsp3) is 0.594. The Labute approximate surface area is 254 Å². The third-order valence-corrected chi connectivity index (χ3v) is 10.0. The number of nitrogen functional groups attached to an aromatic ring is 1. The maximum Gasteiger partial charge on any atom is 0.204 e. The van der Waals surface area contributed by atoms with Crippen molar-refractivity contribution in [3.63, 3.8) is 0 Å². The number of nitrogens with one attached hydrogen (secondary N) is 2. The first kappa shape index (κ1) is 30.7. The third kappa shape index (κ3) is 7.09. The summed E-state index contributed by atoms with van der Waals surface area (Å²) in [5.41, 5.74) is 7.39. The van der Waals surface area contributed by atoms with Gasteiger partial charge in [-0.2, -0.15) is 5.21 Å². The summed E-state index contributed by atoms with van der Waals surface area (Å²) in [6, 6.07) is 14.9. The number of anilines is 1. The molecule has 11 heteroatoms. The molecule has 11 nitrogen and oxygen atoms in total. The number of nitrogens with zero attached hydrogens (tertiary/aromatic N) is 6. The predicted molar refractivity (Wildman–Crippen MR) is 167 cm³/mol. The van der Waals surface area contributed by atoms with Gasteiger partial charge in [-0.25, -0.2) is 0 Å². The van der Waals surface area contributed by atoms with Crippen molar-refractivity contribution in [2.75, 3.05) is 36.9 Å². The second-order valence-corrected chi connectivity index (χ2v) is 13.4. The summed E-state index contributed by atoms with van der Waals surface area (Å²) in [5, 5.41) is 22.2. The van der Waals surface area contributed by atoms with E-state index in [1.807, 2.05) is 55.6 Å². The van der Waals surface area contributed by atoms with Crippen LogP contribution in [0.1, 0.15) is 63.3 Å². The van der Waals surface area contributed by atoms with Crippen LogP contribution in [-0.2, 0) is 4.79 Å². The highest BCUT2D eigenvalue weighted by Crippen LogP contribution is 2.63. The normalized spacial score (nSPS) is 31.6. The van der Waals surface area contributed by atoms with Gasteiger partial charge in [0.15, 0.2) is 5.82 Å². The number of aryl methyl sites for hydroxylation is 1. The largest absolute Gasteiger partial charge is 0.372 e. The zero-order valence-electron chi connectivity index (χ0n) is 25.8. The number of aromatic amines is 1. The fourth-order valence-electron chi connectivity index (χ4n) is 7.97. The topological polar surface area (TPSA) is 159 Å². The molecule has 2 aromatic heterocycles. The number of piperidine rings is 1. The van der Waals surface area contributed by atoms with Crippen molar-refractivity contribution in [1.29, 1.82) is 5.41 Å². The van der Waals surface area contributed by atoms with E-state index in [1.54, 1.807) is 0 Å². The second kappa shape index (κ2) is 13.3. The van der Waals surface area contributed by atoms with E-state index in [-0.39, 0.29) is 6.41 Å². The van der Waals surface area contributed by atoms with Crippen LogP contribution in [0.15, 0.2) is 48.7 Å². The molecule has 5 aliphatic rings. The van der Waals surface area contributed by atoms with Gasteiger partial charge in [0.25, 0.3) is 0 Å². The third-order valence-electron chi connectivity index (χ3n) is 10.0. The summed E-state index contributed by atoms with van der Waals surface area (Å²) in [7, 11) is 0. The highest BCUT2D eigenvalue weighted by Gasteiger charge is 2.61. The number of hydrogen-bond donors (Lipinski definition) is 4. The highest BCUT2D eigenvalue weighted by atomic mass is 16.1. The molecular formula is C32H48N10O. The molecule has 0 radical (unpaired) electrons. The number of primary amides is 1. The van der Waals surface area contributed by atoms with Crippen LogP contribution in [0.2, 0.25) is 0 Å². The van der Waals surface area contributed by atoms with E-state index in [9.17, 15) is 0 Å². The molecule has 6 N–H and O–H groups in total. The number of benzene rings is 1. The van der Waals surface area contributed by atoms with Gasteiger partial charge in [0.2, 0.25) is 6.41 Å². The van der Waals surface area contributed by atoms with E-state index in [0.29, 0.717) is 11.4 Å². The number of rotatable bonds is 3. The summed E-state index contributed by atoms with van der Waals surface area (Å²) in [4.78, 5) is 13.7. The van der Waals surface area contributed by atoms with Gasteiger partial charge in [-0.15, -0.1) is 10.2 Å². The molecule has 4 heterocycles. The van der Waals surface area contributed by atoms with Gasteiger partial charge in [-0.1, -0.05) is 55.5 Å². The number of amides is 1. The van der Waals surface area contributed by atoms with Crippen LogP contribution in [0.3, 0.4) is 0 Å². The van der Waals surface area contributed by atoms with E-state index in [0.717, 1.165) is 65.3 Å². The van der Waals surface area contributed by atoms with Crippen LogP contribution < -0.4 is 22.0 Å². The first-order chi connectivity index (χ1) is 20.7. The van der Waals surface area contributed by atoms with Crippen molar-refractivity contribution in [2.45, 2.75) is 64.8 Å². The quantitative estimate of drug-likeness (QED) is 0.270. The summed E-state index contributed by atoms with van der Waals surface area (Å²) < 4.78 is 1.40. The van der Waals surface area contributed by atoms with Crippen LogP contribution in [0.5, 0.6) is 0 Å². The Hall–Kier alpha value is -3.73. The zero-order valence-corrected chi connectivity index (χ0v) is 25.8. The van der Waals surface area contributed by atoms with Crippen molar-refractivity contribution < 1.29 is 4.79 Å². The second-order valence-electron chi connectivity index (χ2n) is 13.4. The maximum absolute atomic E-state index is 8.58. The molecular weight excluding hydrogens is 540 g/mol. The molecule has 2 aliphatic heterocycles. The molecule has 3 aliphatic carbocycles. The first-order valence-corrected chi connectivity index (χ1v) is 15.6. The number of H-pyrrole nitrogens is 1. The van der Waals surface area contributed by atoms with E-state index in [1.165, 1.54) is 49.9 Å². The summed E-state index contributed by atoms with van der Waals surface area (Å²) in [6.45, 7) is 11.3. The summed E-state index contributed by atoms with van der Waals surface area (Å²) in [5.74, 6) is 10.7. The average Bonchev–Trinajstić information content (AvgIpc) is 3.46. The summed E-state index contributed by atoms with van der Waals surface area (Å²) >= 11 is 0. The zero-order chi connectivity index (χ0) is 30.6. The van der Waals surface area contributed by atoms with E-state index in [4.69, 9.17) is 16.0 Å². The minimum absolute atomic E-state index is 0.250. The fourth-order valence-corrected chi connectivity index (χ4v) is 7.97. The lowest BCUT2D eigenvalue weighted by Crippen LogP contribution is -2.55. The molecule has 8 rings (SSSR count). The number of hydrogen-bond acceptors (Lipinski definition) is 8. The maximum atomic E-state index is 8.58. The molecule has 5 fully saturated rings. The van der Waals surface area contributed by atoms with E-state index < -0.39 is 0 Å². The first-order valence-electron chi connectivity index (χ1n) is 15.6. The number of nitrogens with two attached hydrogens (primary N) is 2. The lowest BCUT2D eigenvalue weighted by molar-refractivity contribution is -0.106. The number of pyridine rings is 1. The van der Waals surface area contributed by atoms with E-state index >= 15 is 0 Å². The minimum Gasteiger partial charge on any atom is -0.372 e. The lowest BCUT2D eigenvalue weighted by Gasteiger charge is -2.59. The molecule has 3 unspecified atom stereocenters. The number of tetrazole rings is 1. The number of fused-ring (bicyclic) bond motifs is 1. The molecule has 0 bridgehead atoms. The Morgan fingerprint density at radius 3 is 2.07 bits per heavy atom. The van der Waals surface area contributed by atoms with Crippen LogP contribution in [-0.4, -0.2) is 68.8 Å². The van der Waals surface area contributed by atoms with Gasteiger partial charge >= 0.3 is 0 Å². The van der Waals surface area contributed by atoms with Crippen LogP contribution >= 0.6 is 0 Å². The standard InChI is InChI=1S/C14H21N5.C11H18N4.C6H6.CH3NO/c1-8-2-14(3-8)4-9(5-14)19-6-10-11(7-19)12(10)13-15-17-18-16-13;1-8-3-4-14(6-8)10-5-9(2)11(12)15(13)7-10;1-2-4-6-5-3-1;2-1-3/h8-12H,2-7H2,1H3,(H,15,16,17,18);5,7-8,12H,3-4,6,13H2,1-2H3;1-6H;1H,(H2,2,3). The SMILES string of the molecule is CC1CC2(C1)CC(N1CC3C(C1)C3c1nn[nH]n1)C2.Cc1cc(N2CCC(C)C2)cn(N)c1=N.NC=O.c1ccccc1. The van der Waals surface area contributed by atoms with Crippen molar-refractivity contribution in [3.05, 3.63) is 65.5 Å². The Kier molecular flexibility index (Phi) is 9.49. The van der Waals surface area contributed by atoms with Gasteiger partial charge in [0.1, 0.15) is 5.49 Å². The lowest BCUT2D eigenvalue weighted by atomic mass is 9.50. The molecule has 1 aromatic carbocycles. The van der Waals surface area contributed by atoms with Gasteiger partial charge in [0, 0.05) is 38.1 Å². The van der Waals surface area contributed by atoms with Crippen LogP contribution in [0.25, 0.3) is 0 Å². The van der Waals surface area contributed by atoms with Gasteiger partial charge in [-0.3, -0.25) is 19.8 Å². The smallest absolute Gasteiger partial charge is 0.204 e. The van der Waals surface area contributed by atoms with Crippen molar-refractivity contribution in [1.82, 2.24) is 30.2 Å².